The molecule has 18 heavy (non-hydrogen) atoms. The Hall–Kier alpha value is -1.86. The number of ether oxygens (including phenoxy) is 1. The Labute approximate surface area is 104 Å². The van der Waals surface area contributed by atoms with Crippen molar-refractivity contribution in [1.82, 2.24) is 15.4 Å². The minimum atomic E-state index is -0.635. The molecule has 98 valence electrons. The van der Waals surface area contributed by atoms with E-state index in [0.717, 1.165) is 0 Å². The van der Waals surface area contributed by atoms with Gasteiger partial charge in [0.1, 0.15) is 12.6 Å². The second-order valence-electron chi connectivity index (χ2n) is 3.85. The van der Waals surface area contributed by atoms with Crippen LogP contribution >= 0.6 is 0 Å². The number of hydrogen-bond acceptors (Lipinski definition) is 4. The number of rotatable bonds is 5. The summed E-state index contributed by atoms with van der Waals surface area (Å²) in [5, 5.41) is 3.84. The van der Waals surface area contributed by atoms with E-state index >= 15 is 0 Å². The summed E-state index contributed by atoms with van der Waals surface area (Å²) in [6.07, 6.45) is 3.21. The Morgan fingerprint density at radius 3 is 3.22 bits per heavy atom. The zero-order chi connectivity index (χ0) is 13.0. The molecule has 7 heteroatoms. The third-order valence-corrected chi connectivity index (χ3v) is 2.60. The number of methoxy groups -OCH3 is 1. The topological polar surface area (TPSA) is 83.7 Å². The molecule has 1 aliphatic rings. The highest BCUT2D eigenvalue weighted by Gasteiger charge is 2.34. The number of aromatic nitrogens is 1. The first-order valence-corrected chi connectivity index (χ1v) is 5.59. The van der Waals surface area contributed by atoms with Crippen LogP contribution in [0.25, 0.3) is 0 Å². The molecule has 2 rings (SSSR count). The SMILES string of the molecule is COCCN1OC[C@H](NC(=O)c2cc[nH]c2)C1=O. The number of aromatic amines is 1. The van der Waals surface area contributed by atoms with Crippen LogP contribution in [0.1, 0.15) is 10.4 Å². The number of nitrogens with one attached hydrogen (secondary N) is 2. The van der Waals surface area contributed by atoms with Gasteiger partial charge in [0.25, 0.3) is 11.8 Å². The lowest BCUT2D eigenvalue weighted by Gasteiger charge is -2.13. The van der Waals surface area contributed by atoms with Gasteiger partial charge < -0.3 is 15.0 Å². The van der Waals surface area contributed by atoms with Crippen molar-refractivity contribution in [2.24, 2.45) is 0 Å². The molecule has 2 amide bonds. The average Bonchev–Trinajstić information content (AvgIpc) is 2.99. The Morgan fingerprint density at radius 1 is 1.72 bits per heavy atom. The summed E-state index contributed by atoms with van der Waals surface area (Å²) >= 11 is 0. The Bertz CT molecular complexity index is 418. The fourth-order valence-electron chi connectivity index (χ4n) is 1.63. The maximum absolute atomic E-state index is 11.8. The predicted octanol–water partition coefficient (Wildman–Crippen LogP) is -0.467. The summed E-state index contributed by atoms with van der Waals surface area (Å²) < 4.78 is 4.86. The normalized spacial score (nSPS) is 19.3. The summed E-state index contributed by atoms with van der Waals surface area (Å²) in [5.41, 5.74) is 0.484. The first kappa shape index (κ1) is 12.6. The summed E-state index contributed by atoms with van der Waals surface area (Å²) in [6.45, 7) is 0.898. The van der Waals surface area contributed by atoms with Gasteiger partial charge in [-0.25, -0.2) is 5.06 Å². The molecule has 2 heterocycles. The Morgan fingerprint density at radius 2 is 2.56 bits per heavy atom. The van der Waals surface area contributed by atoms with Crippen molar-refractivity contribution in [3.8, 4) is 0 Å². The van der Waals surface area contributed by atoms with E-state index in [-0.39, 0.29) is 18.4 Å². The van der Waals surface area contributed by atoms with Crippen molar-refractivity contribution in [3.63, 3.8) is 0 Å². The molecular weight excluding hydrogens is 238 g/mol. The zero-order valence-electron chi connectivity index (χ0n) is 10.0. The first-order valence-electron chi connectivity index (χ1n) is 5.59. The molecule has 0 bridgehead atoms. The van der Waals surface area contributed by atoms with Crippen LogP contribution in [0.2, 0.25) is 0 Å². The van der Waals surface area contributed by atoms with Crippen LogP contribution in [0.5, 0.6) is 0 Å². The molecule has 1 fully saturated rings. The van der Waals surface area contributed by atoms with Gasteiger partial charge in [0.05, 0.1) is 18.7 Å². The van der Waals surface area contributed by atoms with Crippen LogP contribution in [0.15, 0.2) is 18.5 Å². The molecule has 0 aliphatic carbocycles. The Kier molecular flexibility index (Phi) is 3.96. The Balaban J connectivity index is 1.88. The quantitative estimate of drug-likeness (QED) is 0.743. The fraction of sp³-hybridized carbons (Fsp3) is 0.455. The predicted molar refractivity (Wildman–Crippen MR) is 61.6 cm³/mol. The molecule has 0 saturated carbocycles. The summed E-state index contributed by atoms with van der Waals surface area (Å²) in [6, 6.07) is 1.00. The van der Waals surface area contributed by atoms with Gasteiger partial charge in [-0.1, -0.05) is 0 Å². The van der Waals surface area contributed by atoms with E-state index in [1.165, 1.54) is 5.06 Å². The summed E-state index contributed by atoms with van der Waals surface area (Å²) in [5.74, 6) is -0.553. The van der Waals surface area contributed by atoms with Gasteiger partial charge in [-0.2, -0.15) is 0 Å². The van der Waals surface area contributed by atoms with E-state index in [0.29, 0.717) is 18.7 Å². The van der Waals surface area contributed by atoms with Crippen LogP contribution in [0, 0.1) is 0 Å². The van der Waals surface area contributed by atoms with E-state index in [1.54, 1.807) is 25.6 Å². The van der Waals surface area contributed by atoms with Crippen molar-refractivity contribution in [1.29, 1.82) is 0 Å². The van der Waals surface area contributed by atoms with Gasteiger partial charge in [0, 0.05) is 19.5 Å². The van der Waals surface area contributed by atoms with E-state index in [2.05, 4.69) is 10.3 Å². The standard InChI is InChI=1S/C11H15N3O4/c1-17-5-4-14-11(16)9(7-18-14)13-10(15)8-2-3-12-6-8/h2-3,6,9,12H,4-5,7H2,1H3,(H,13,15)/t9-/m0/s1. The smallest absolute Gasteiger partial charge is 0.271 e. The lowest BCUT2D eigenvalue weighted by atomic mass is 10.2. The van der Waals surface area contributed by atoms with Crippen molar-refractivity contribution in [2.45, 2.75) is 6.04 Å². The summed E-state index contributed by atoms with van der Waals surface area (Å²) in [4.78, 5) is 31.5. The summed E-state index contributed by atoms with van der Waals surface area (Å²) in [7, 11) is 1.55. The minimum Gasteiger partial charge on any atom is -0.383 e. The van der Waals surface area contributed by atoms with Gasteiger partial charge >= 0.3 is 0 Å². The maximum atomic E-state index is 11.8. The number of hydroxylamine groups is 2. The second kappa shape index (κ2) is 5.65. The first-order chi connectivity index (χ1) is 8.72. The number of nitrogens with zero attached hydrogens (tertiary/aromatic N) is 1. The van der Waals surface area contributed by atoms with E-state index in [4.69, 9.17) is 9.57 Å². The number of carbonyl (C=O) groups excluding carboxylic acids is 2. The molecule has 1 saturated heterocycles. The third-order valence-electron chi connectivity index (χ3n) is 2.60. The molecule has 1 atom stereocenters. The lowest BCUT2D eigenvalue weighted by molar-refractivity contribution is -0.164. The molecule has 0 radical (unpaired) electrons. The van der Waals surface area contributed by atoms with E-state index < -0.39 is 6.04 Å². The molecule has 0 aromatic carbocycles. The molecule has 2 N–H and O–H groups in total. The minimum absolute atomic E-state index is 0.151. The lowest BCUT2D eigenvalue weighted by Crippen LogP contribution is -2.43. The van der Waals surface area contributed by atoms with Crippen LogP contribution in [0.3, 0.4) is 0 Å². The van der Waals surface area contributed by atoms with Gasteiger partial charge in [0.15, 0.2) is 0 Å². The molecule has 1 aromatic rings. The number of carbonyl (C=O) groups is 2. The molecule has 7 nitrogen and oxygen atoms in total. The van der Waals surface area contributed by atoms with Gasteiger partial charge in [-0.3, -0.25) is 14.4 Å². The van der Waals surface area contributed by atoms with E-state index in [1.807, 2.05) is 0 Å². The van der Waals surface area contributed by atoms with Crippen molar-refractivity contribution in [3.05, 3.63) is 24.0 Å². The van der Waals surface area contributed by atoms with E-state index in [9.17, 15) is 9.59 Å². The third kappa shape index (κ3) is 2.69. The molecule has 1 aliphatic heterocycles. The van der Waals surface area contributed by atoms with Crippen molar-refractivity contribution in [2.75, 3.05) is 26.9 Å². The van der Waals surface area contributed by atoms with Gasteiger partial charge in [-0.15, -0.1) is 0 Å². The highest BCUT2D eigenvalue weighted by Crippen LogP contribution is 2.08. The number of amides is 2. The molecule has 0 spiro atoms. The van der Waals surface area contributed by atoms with Crippen molar-refractivity contribution < 1.29 is 19.2 Å². The van der Waals surface area contributed by atoms with Crippen molar-refractivity contribution >= 4 is 11.8 Å². The number of H-pyrrole nitrogens is 1. The highest BCUT2D eigenvalue weighted by atomic mass is 16.7. The van der Waals surface area contributed by atoms with Crippen LogP contribution in [-0.4, -0.2) is 54.8 Å². The van der Waals surface area contributed by atoms with Gasteiger partial charge in [0.2, 0.25) is 0 Å². The molecule has 0 unspecified atom stereocenters. The monoisotopic (exact) mass is 253 g/mol. The largest absolute Gasteiger partial charge is 0.383 e. The van der Waals surface area contributed by atoms with Crippen LogP contribution in [0.4, 0.5) is 0 Å². The van der Waals surface area contributed by atoms with Crippen LogP contribution in [-0.2, 0) is 14.4 Å². The fourth-order valence-corrected chi connectivity index (χ4v) is 1.63. The second-order valence-corrected chi connectivity index (χ2v) is 3.85. The number of hydrogen-bond donors (Lipinski definition) is 2. The van der Waals surface area contributed by atoms with Crippen LogP contribution < -0.4 is 5.32 Å². The molecular formula is C11H15N3O4. The zero-order valence-corrected chi connectivity index (χ0v) is 10.0. The van der Waals surface area contributed by atoms with Gasteiger partial charge in [-0.05, 0) is 6.07 Å². The molecule has 1 aromatic heterocycles. The maximum Gasteiger partial charge on any atom is 0.271 e. The highest BCUT2D eigenvalue weighted by molar-refractivity contribution is 5.97. The average molecular weight is 253 g/mol.